The van der Waals surface area contributed by atoms with Gasteiger partial charge in [-0.15, -0.1) is 24.0 Å². The van der Waals surface area contributed by atoms with Gasteiger partial charge in [-0.2, -0.15) is 5.10 Å². The molecular weight excluding hydrogens is 425 g/mol. The van der Waals surface area contributed by atoms with Crippen LogP contribution in [0.4, 0.5) is 0 Å². The van der Waals surface area contributed by atoms with Crippen molar-refractivity contribution in [2.45, 2.75) is 58.8 Å². The van der Waals surface area contributed by atoms with Gasteiger partial charge < -0.3 is 10.6 Å². The number of guanidine groups is 1. The van der Waals surface area contributed by atoms with Crippen molar-refractivity contribution < 1.29 is 0 Å². The lowest BCUT2D eigenvalue weighted by Crippen LogP contribution is -2.38. The Balaban J connectivity index is 0.00000312. The zero-order chi connectivity index (χ0) is 17.2. The van der Waals surface area contributed by atoms with E-state index in [1.54, 1.807) is 0 Å². The number of aliphatic imine (C=N–C) groups is 1. The predicted molar refractivity (Wildman–Crippen MR) is 117 cm³/mol. The molecule has 2 N–H and O–H groups in total. The third kappa shape index (κ3) is 8.92. The first kappa shape index (κ1) is 22.3. The summed E-state index contributed by atoms with van der Waals surface area (Å²) in [4.78, 5) is 4.70. The summed E-state index contributed by atoms with van der Waals surface area (Å²) >= 11 is 0. The molecule has 1 aliphatic rings. The maximum Gasteiger partial charge on any atom is 0.191 e. The Morgan fingerprint density at radius 2 is 2.20 bits per heavy atom. The van der Waals surface area contributed by atoms with Crippen LogP contribution in [0.2, 0.25) is 0 Å². The van der Waals surface area contributed by atoms with Gasteiger partial charge in [-0.1, -0.05) is 26.2 Å². The van der Waals surface area contributed by atoms with Gasteiger partial charge in [0.2, 0.25) is 0 Å². The quantitative estimate of drug-likeness (QED) is 0.269. The fraction of sp³-hybridized carbons (Fsp3) is 0.789. The molecule has 0 saturated heterocycles. The molecule has 1 saturated carbocycles. The van der Waals surface area contributed by atoms with Gasteiger partial charge in [-0.25, -0.2) is 0 Å². The molecule has 0 aromatic carbocycles. The minimum atomic E-state index is 0. The van der Waals surface area contributed by atoms with Crippen LogP contribution in [0.1, 0.15) is 57.9 Å². The molecule has 25 heavy (non-hydrogen) atoms. The van der Waals surface area contributed by atoms with Crippen LogP contribution in [0.15, 0.2) is 17.4 Å². The van der Waals surface area contributed by atoms with Crippen molar-refractivity contribution in [3.05, 3.63) is 18.0 Å². The van der Waals surface area contributed by atoms with Crippen molar-refractivity contribution in [2.75, 3.05) is 19.6 Å². The van der Waals surface area contributed by atoms with E-state index in [-0.39, 0.29) is 24.0 Å². The molecule has 5 nitrogen and oxygen atoms in total. The highest BCUT2D eigenvalue weighted by atomic mass is 127. The van der Waals surface area contributed by atoms with E-state index in [1.165, 1.54) is 37.7 Å². The summed E-state index contributed by atoms with van der Waals surface area (Å²) in [7, 11) is 1.96. The first-order valence-electron chi connectivity index (χ1n) is 9.67. The summed E-state index contributed by atoms with van der Waals surface area (Å²) in [5.41, 5.74) is 1.29. The van der Waals surface area contributed by atoms with Crippen molar-refractivity contribution in [1.82, 2.24) is 20.4 Å². The molecule has 144 valence electrons. The van der Waals surface area contributed by atoms with Crippen molar-refractivity contribution in [2.24, 2.45) is 23.9 Å². The van der Waals surface area contributed by atoms with E-state index in [9.17, 15) is 0 Å². The lowest BCUT2D eigenvalue weighted by molar-refractivity contribution is 0.270. The van der Waals surface area contributed by atoms with E-state index in [0.29, 0.717) is 0 Å². The Bertz CT molecular complexity index is 500. The molecule has 1 fully saturated rings. The fourth-order valence-electron chi connectivity index (χ4n) is 3.63. The van der Waals surface area contributed by atoms with Crippen LogP contribution in [0.3, 0.4) is 0 Å². The first-order chi connectivity index (χ1) is 11.7. The second kappa shape index (κ2) is 12.5. The molecule has 0 aliphatic heterocycles. The lowest BCUT2D eigenvalue weighted by Gasteiger charge is -2.26. The van der Waals surface area contributed by atoms with E-state index in [1.807, 2.05) is 17.9 Å². The summed E-state index contributed by atoms with van der Waals surface area (Å²) in [5.74, 6) is 2.78. The van der Waals surface area contributed by atoms with Crippen molar-refractivity contribution in [3.63, 3.8) is 0 Å². The van der Waals surface area contributed by atoms with Gasteiger partial charge in [0.15, 0.2) is 5.96 Å². The largest absolute Gasteiger partial charge is 0.357 e. The first-order valence-corrected chi connectivity index (χ1v) is 9.67. The molecule has 2 unspecified atom stereocenters. The van der Waals surface area contributed by atoms with Gasteiger partial charge in [-0.05, 0) is 50.0 Å². The Kier molecular flexibility index (Phi) is 11.2. The van der Waals surface area contributed by atoms with Gasteiger partial charge in [0, 0.05) is 32.9 Å². The number of aromatic nitrogens is 2. The molecule has 1 aromatic heterocycles. The molecular formula is C19H36IN5. The van der Waals surface area contributed by atoms with Crippen molar-refractivity contribution >= 4 is 29.9 Å². The maximum absolute atomic E-state index is 4.70. The SMILES string of the molecule is CCNC(=NCCCc1cnn(C)c1)NCCC1CCCC(C)C1.I. The molecule has 2 rings (SSSR count). The average molecular weight is 461 g/mol. The highest BCUT2D eigenvalue weighted by Crippen LogP contribution is 2.30. The molecule has 1 aromatic rings. The Morgan fingerprint density at radius 1 is 1.36 bits per heavy atom. The molecule has 1 heterocycles. The summed E-state index contributed by atoms with van der Waals surface area (Å²) < 4.78 is 1.86. The molecule has 0 bridgehead atoms. The van der Waals surface area contributed by atoms with Crippen LogP contribution in [0, 0.1) is 11.8 Å². The van der Waals surface area contributed by atoms with Crippen LogP contribution in [-0.4, -0.2) is 35.4 Å². The third-order valence-electron chi connectivity index (χ3n) is 4.89. The topological polar surface area (TPSA) is 54.2 Å². The Labute approximate surface area is 170 Å². The maximum atomic E-state index is 4.70. The standard InChI is InChI=1S/C19H35N5.HI/c1-4-20-19(21-11-6-9-18-14-23-24(3)15-18)22-12-10-17-8-5-7-16(2)13-17;/h14-17H,4-13H2,1-3H3,(H2,20,21,22);1H. The number of hydrogen-bond donors (Lipinski definition) is 2. The third-order valence-corrected chi connectivity index (χ3v) is 4.89. The summed E-state index contributed by atoms with van der Waals surface area (Å²) in [6, 6.07) is 0. The number of rotatable bonds is 8. The zero-order valence-corrected chi connectivity index (χ0v) is 18.5. The fourth-order valence-corrected chi connectivity index (χ4v) is 3.63. The average Bonchev–Trinajstić information content (AvgIpc) is 2.97. The highest BCUT2D eigenvalue weighted by molar-refractivity contribution is 14.0. The lowest BCUT2D eigenvalue weighted by atomic mass is 9.81. The molecule has 1 aliphatic carbocycles. The van der Waals surface area contributed by atoms with Gasteiger partial charge >= 0.3 is 0 Å². The summed E-state index contributed by atoms with van der Waals surface area (Å²) in [6.07, 6.45) is 13.0. The van der Waals surface area contributed by atoms with Crippen molar-refractivity contribution in [1.29, 1.82) is 0 Å². The normalized spacial score (nSPS) is 20.8. The predicted octanol–water partition coefficient (Wildman–Crippen LogP) is 3.74. The molecule has 0 radical (unpaired) electrons. The number of aryl methyl sites for hydroxylation is 2. The van der Waals surface area contributed by atoms with Crippen LogP contribution in [0.25, 0.3) is 0 Å². The van der Waals surface area contributed by atoms with Crippen LogP contribution in [0.5, 0.6) is 0 Å². The smallest absolute Gasteiger partial charge is 0.191 e. The zero-order valence-electron chi connectivity index (χ0n) is 16.1. The second-order valence-electron chi connectivity index (χ2n) is 7.24. The van der Waals surface area contributed by atoms with Gasteiger partial charge in [0.05, 0.1) is 6.20 Å². The van der Waals surface area contributed by atoms with E-state index in [2.05, 4.69) is 35.8 Å². The highest BCUT2D eigenvalue weighted by Gasteiger charge is 2.18. The number of halogens is 1. The molecule has 0 amide bonds. The summed E-state index contributed by atoms with van der Waals surface area (Å²) in [6.45, 7) is 7.31. The summed E-state index contributed by atoms with van der Waals surface area (Å²) in [5, 5.41) is 11.1. The monoisotopic (exact) mass is 461 g/mol. The van der Waals surface area contributed by atoms with E-state index < -0.39 is 0 Å². The minimum Gasteiger partial charge on any atom is -0.357 e. The number of nitrogens with one attached hydrogen (secondary N) is 2. The van der Waals surface area contributed by atoms with Gasteiger partial charge in [0.1, 0.15) is 0 Å². The minimum absolute atomic E-state index is 0. The van der Waals surface area contributed by atoms with Gasteiger partial charge in [0.25, 0.3) is 0 Å². The van der Waals surface area contributed by atoms with Crippen molar-refractivity contribution in [3.8, 4) is 0 Å². The van der Waals surface area contributed by atoms with E-state index in [4.69, 9.17) is 4.99 Å². The van der Waals surface area contributed by atoms with Crippen LogP contribution >= 0.6 is 24.0 Å². The van der Waals surface area contributed by atoms with Gasteiger partial charge in [-0.3, -0.25) is 9.67 Å². The van der Waals surface area contributed by atoms with E-state index >= 15 is 0 Å². The molecule has 6 heteroatoms. The van der Waals surface area contributed by atoms with Crippen LogP contribution in [-0.2, 0) is 13.5 Å². The Morgan fingerprint density at radius 3 is 2.88 bits per heavy atom. The van der Waals surface area contributed by atoms with E-state index in [0.717, 1.165) is 50.3 Å². The Hall–Kier alpha value is -0.790. The molecule has 0 spiro atoms. The second-order valence-corrected chi connectivity index (χ2v) is 7.24. The number of hydrogen-bond acceptors (Lipinski definition) is 2. The van der Waals surface area contributed by atoms with Crippen LogP contribution < -0.4 is 10.6 Å². The molecule has 2 atom stereocenters. The number of nitrogens with zero attached hydrogens (tertiary/aromatic N) is 3.